The summed E-state index contributed by atoms with van der Waals surface area (Å²) in [6, 6.07) is 17.9. The number of carbonyl (C=O) groups excluding carboxylic acids is 1. The molecule has 0 bridgehead atoms. The van der Waals surface area contributed by atoms with Gasteiger partial charge in [-0.2, -0.15) is 18.3 Å². The molecule has 0 saturated heterocycles. The highest BCUT2D eigenvalue weighted by Crippen LogP contribution is 2.42. The predicted octanol–water partition coefficient (Wildman–Crippen LogP) is 6.29. The Bertz CT molecular complexity index is 1730. The number of phenols is 1. The van der Waals surface area contributed by atoms with Crippen LogP contribution in [0.2, 0.25) is 0 Å². The topological polar surface area (TPSA) is 121 Å². The van der Waals surface area contributed by atoms with E-state index in [1.807, 2.05) is 0 Å². The first-order chi connectivity index (χ1) is 20.0. The number of alkyl halides is 3. The number of hydrogen-bond donors (Lipinski definition) is 3. The molecule has 42 heavy (non-hydrogen) atoms. The molecule has 1 heterocycles. The first kappa shape index (κ1) is 28.0. The molecule has 5 rings (SSSR count). The SMILES string of the molecule is COc1cc(OC)cc(N2C(=O)C(=NNc3cccc(-c4cccc(C(=O)O)c4)c3O)c3ccc(C(F)(F)F)cc32)c1. The van der Waals surface area contributed by atoms with Crippen LogP contribution in [-0.2, 0) is 11.0 Å². The first-order valence-electron chi connectivity index (χ1n) is 12.3. The summed E-state index contributed by atoms with van der Waals surface area (Å²) in [5.74, 6) is -1.54. The number of methoxy groups -OCH3 is 2. The number of amides is 1. The van der Waals surface area contributed by atoms with Gasteiger partial charge in [-0.05, 0) is 42.0 Å². The molecule has 0 fully saturated rings. The van der Waals surface area contributed by atoms with Gasteiger partial charge >= 0.3 is 12.1 Å². The summed E-state index contributed by atoms with van der Waals surface area (Å²) < 4.78 is 51.4. The number of rotatable bonds is 7. The molecular weight excluding hydrogens is 555 g/mol. The van der Waals surface area contributed by atoms with Crippen molar-refractivity contribution in [1.82, 2.24) is 0 Å². The van der Waals surface area contributed by atoms with Crippen LogP contribution in [0.25, 0.3) is 11.1 Å². The van der Waals surface area contributed by atoms with Crippen molar-refractivity contribution in [2.75, 3.05) is 24.5 Å². The predicted molar refractivity (Wildman–Crippen MR) is 149 cm³/mol. The van der Waals surface area contributed by atoms with Crippen LogP contribution in [0.15, 0.2) is 84.0 Å². The summed E-state index contributed by atoms with van der Waals surface area (Å²) in [4.78, 5) is 26.2. The number of nitrogens with zero attached hydrogens (tertiary/aromatic N) is 2. The molecule has 4 aromatic carbocycles. The highest BCUT2D eigenvalue weighted by Gasteiger charge is 2.39. The molecule has 0 aliphatic carbocycles. The fraction of sp³-hybridized carbons (Fsp3) is 0.100. The molecule has 214 valence electrons. The van der Waals surface area contributed by atoms with E-state index in [2.05, 4.69) is 10.5 Å². The molecule has 0 unspecified atom stereocenters. The monoisotopic (exact) mass is 577 g/mol. The third-order valence-corrected chi connectivity index (χ3v) is 6.57. The Kier molecular flexibility index (Phi) is 7.21. The Balaban J connectivity index is 1.58. The Morgan fingerprint density at radius 2 is 1.60 bits per heavy atom. The third kappa shape index (κ3) is 5.17. The molecule has 0 spiro atoms. The number of carbonyl (C=O) groups is 2. The molecule has 1 aliphatic rings. The van der Waals surface area contributed by atoms with Crippen LogP contribution in [0.3, 0.4) is 0 Å². The number of carboxylic acids is 1. The largest absolute Gasteiger partial charge is 0.505 e. The number of hydrazone groups is 1. The third-order valence-electron chi connectivity index (χ3n) is 6.57. The Hall–Kier alpha value is -5.52. The van der Waals surface area contributed by atoms with Gasteiger partial charge in [0.25, 0.3) is 5.91 Å². The summed E-state index contributed by atoms with van der Waals surface area (Å²) in [6.45, 7) is 0. The van der Waals surface area contributed by atoms with Crippen LogP contribution in [0.4, 0.5) is 30.2 Å². The lowest BCUT2D eigenvalue weighted by molar-refractivity contribution is -0.137. The maximum atomic E-state index is 13.7. The van der Waals surface area contributed by atoms with Gasteiger partial charge in [0.2, 0.25) is 0 Å². The molecule has 0 aromatic heterocycles. The number of nitrogens with one attached hydrogen (secondary N) is 1. The smallest absolute Gasteiger partial charge is 0.416 e. The molecule has 12 heteroatoms. The molecule has 9 nitrogen and oxygen atoms in total. The van der Waals surface area contributed by atoms with E-state index < -0.39 is 23.6 Å². The van der Waals surface area contributed by atoms with Crippen LogP contribution in [0.1, 0.15) is 21.5 Å². The number of aromatic carboxylic acids is 1. The minimum absolute atomic E-state index is 0.0196. The number of hydrogen-bond acceptors (Lipinski definition) is 7. The lowest BCUT2D eigenvalue weighted by Gasteiger charge is -2.19. The average Bonchev–Trinajstić information content (AvgIpc) is 3.26. The van der Waals surface area contributed by atoms with E-state index in [0.29, 0.717) is 22.6 Å². The second-order valence-corrected chi connectivity index (χ2v) is 9.10. The van der Waals surface area contributed by atoms with Crippen molar-refractivity contribution in [2.45, 2.75) is 6.18 Å². The zero-order valence-corrected chi connectivity index (χ0v) is 22.1. The lowest BCUT2D eigenvalue weighted by Crippen LogP contribution is -2.26. The van der Waals surface area contributed by atoms with Crippen molar-refractivity contribution in [2.24, 2.45) is 5.10 Å². The van der Waals surface area contributed by atoms with Crippen molar-refractivity contribution in [3.05, 3.63) is 95.6 Å². The second kappa shape index (κ2) is 10.8. The van der Waals surface area contributed by atoms with E-state index in [1.165, 1.54) is 50.6 Å². The molecule has 3 N–H and O–H groups in total. The minimum atomic E-state index is -4.67. The molecule has 0 radical (unpaired) electrons. The zero-order chi connectivity index (χ0) is 30.2. The van der Waals surface area contributed by atoms with Crippen LogP contribution in [-0.4, -0.2) is 42.0 Å². The summed E-state index contributed by atoms with van der Waals surface area (Å²) in [5, 5.41) is 24.4. The summed E-state index contributed by atoms with van der Waals surface area (Å²) >= 11 is 0. The fourth-order valence-electron chi connectivity index (χ4n) is 4.51. The molecule has 0 saturated carbocycles. The van der Waals surface area contributed by atoms with Gasteiger partial charge in [0, 0.05) is 29.3 Å². The van der Waals surface area contributed by atoms with Crippen molar-refractivity contribution < 1.29 is 42.4 Å². The second-order valence-electron chi connectivity index (χ2n) is 9.10. The van der Waals surface area contributed by atoms with E-state index in [4.69, 9.17) is 9.47 Å². The number of fused-ring (bicyclic) bond motifs is 1. The van der Waals surface area contributed by atoms with Gasteiger partial charge in [0.15, 0.2) is 5.71 Å². The lowest BCUT2D eigenvalue weighted by atomic mass is 10.0. The summed E-state index contributed by atoms with van der Waals surface area (Å²) in [6.07, 6.45) is -4.67. The quantitative estimate of drug-likeness (QED) is 0.174. The molecule has 1 amide bonds. The van der Waals surface area contributed by atoms with Crippen molar-refractivity contribution in [3.63, 3.8) is 0 Å². The minimum Gasteiger partial charge on any atom is -0.505 e. The zero-order valence-electron chi connectivity index (χ0n) is 22.1. The van der Waals surface area contributed by atoms with E-state index in [1.54, 1.807) is 24.3 Å². The number of aromatic hydroxyl groups is 1. The highest BCUT2D eigenvalue weighted by atomic mass is 19.4. The van der Waals surface area contributed by atoms with E-state index >= 15 is 0 Å². The highest BCUT2D eigenvalue weighted by molar-refractivity contribution is 6.55. The number of phenolic OH excluding ortho intramolecular Hbond substituents is 1. The van der Waals surface area contributed by atoms with Gasteiger partial charge in [-0.3, -0.25) is 15.1 Å². The number of anilines is 3. The summed E-state index contributed by atoms with van der Waals surface area (Å²) in [7, 11) is 2.80. The van der Waals surface area contributed by atoms with Crippen LogP contribution < -0.4 is 19.8 Å². The van der Waals surface area contributed by atoms with Crippen LogP contribution in [0, 0.1) is 0 Å². The average molecular weight is 578 g/mol. The standard InChI is InChI=1S/C30H22F3N3O6/c1-41-20-13-19(14-21(15-20)42-2)36-25-12-18(30(31,32)33)9-10-23(25)26(28(36)38)35-34-24-8-4-7-22(27(24)37)16-5-3-6-17(11-16)29(39)40/h3-15,34,37H,1-2H3,(H,39,40). The Morgan fingerprint density at radius 3 is 2.24 bits per heavy atom. The van der Waals surface area contributed by atoms with E-state index in [0.717, 1.165) is 23.1 Å². The molecule has 0 atom stereocenters. The molecular formula is C30H22F3N3O6. The Labute approximate surface area is 237 Å². The number of benzene rings is 4. The number of ether oxygens (including phenoxy) is 2. The number of para-hydroxylation sites is 1. The van der Waals surface area contributed by atoms with Gasteiger partial charge in [-0.15, -0.1) is 0 Å². The summed E-state index contributed by atoms with van der Waals surface area (Å²) in [5.41, 5.74) is 2.51. The Morgan fingerprint density at radius 1 is 0.905 bits per heavy atom. The van der Waals surface area contributed by atoms with Crippen LogP contribution >= 0.6 is 0 Å². The van der Waals surface area contributed by atoms with Gasteiger partial charge < -0.3 is 19.7 Å². The van der Waals surface area contributed by atoms with Crippen molar-refractivity contribution >= 4 is 34.7 Å². The molecule has 1 aliphatic heterocycles. The van der Waals surface area contributed by atoms with Crippen molar-refractivity contribution in [1.29, 1.82) is 0 Å². The van der Waals surface area contributed by atoms with Crippen LogP contribution in [0.5, 0.6) is 17.2 Å². The number of halogens is 3. The van der Waals surface area contributed by atoms with Gasteiger partial charge in [-0.25, -0.2) is 4.79 Å². The normalized spacial score (nSPS) is 13.7. The molecule has 4 aromatic rings. The van der Waals surface area contributed by atoms with Gasteiger partial charge in [-0.1, -0.05) is 24.3 Å². The number of carboxylic acid groups (broad SMARTS) is 1. The maximum absolute atomic E-state index is 13.7. The van der Waals surface area contributed by atoms with E-state index in [-0.39, 0.29) is 39.7 Å². The van der Waals surface area contributed by atoms with Crippen molar-refractivity contribution in [3.8, 4) is 28.4 Å². The first-order valence-corrected chi connectivity index (χ1v) is 12.3. The van der Waals surface area contributed by atoms with E-state index in [9.17, 15) is 33.0 Å². The van der Waals surface area contributed by atoms with Gasteiger partial charge in [0.05, 0.1) is 42.4 Å². The van der Waals surface area contributed by atoms with Gasteiger partial charge in [0.1, 0.15) is 17.2 Å². The maximum Gasteiger partial charge on any atom is 0.416 e. The fourth-order valence-corrected chi connectivity index (χ4v) is 4.51.